The van der Waals surface area contributed by atoms with Crippen LogP contribution in [0.25, 0.3) is 11.0 Å². The SMILES string of the molecule is O=C(CSc1nc2ccccc2n1Cc1ccccc1)NN=Cc1ccccc1F. The standard InChI is InChI=1S/C23H19FN4OS/c24-19-11-5-4-10-18(19)14-25-27-22(29)16-30-23-26-20-12-6-7-13-21(20)28(23)15-17-8-2-1-3-9-17/h1-14H,15-16H2,(H,27,29). The topological polar surface area (TPSA) is 59.3 Å². The molecule has 0 aliphatic rings. The molecule has 0 unspecified atom stereocenters. The summed E-state index contributed by atoms with van der Waals surface area (Å²) >= 11 is 1.34. The third kappa shape index (κ3) is 4.75. The van der Waals surface area contributed by atoms with Gasteiger partial charge in [-0.05, 0) is 23.8 Å². The summed E-state index contributed by atoms with van der Waals surface area (Å²) in [6.07, 6.45) is 1.29. The van der Waals surface area contributed by atoms with E-state index in [0.717, 1.165) is 21.8 Å². The molecule has 5 nitrogen and oxygen atoms in total. The van der Waals surface area contributed by atoms with Gasteiger partial charge in [0.05, 0.1) is 29.5 Å². The number of thioether (sulfide) groups is 1. The minimum atomic E-state index is -0.389. The molecule has 150 valence electrons. The molecule has 0 fully saturated rings. The summed E-state index contributed by atoms with van der Waals surface area (Å²) in [5.41, 5.74) is 5.81. The van der Waals surface area contributed by atoms with Crippen molar-refractivity contribution in [2.24, 2.45) is 5.10 Å². The number of imidazole rings is 1. The Hall–Kier alpha value is -3.45. The Bertz CT molecular complexity index is 1190. The van der Waals surface area contributed by atoms with Crippen LogP contribution in [0.4, 0.5) is 4.39 Å². The molecule has 30 heavy (non-hydrogen) atoms. The van der Waals surface area contributed by atoms with E-state index in [0.29, 0.717) is 12.1 Å². The molecule has 4 rings (SSSR count). The maximum atomic E-state index is 13.6. The van der Waals surface area contributed by atoms with Gasteiger partial charge in [-0.15, -0.1) is 0 Å². The van der Waals surface area contributed by atoms with Gasteiger partial charge in [0, 0.05) is 5.56 Å². The number of carbonyl (C=O) groups excluding carboxylic acids is 1. The molecule has 0 aliphatic carbocycles. The molecule has 1 amide bonds. The van der Waals surface area contributed by atoms with Crippen LogP contribution in [0.5, 0.6) is 0 Å². The van der Waals surface area contributed by atoms with Crippen molar-refractivity contribution in [3.05, 3.63) is 95.8 Å². The van der Waals surface area contributed by atoms with Crippen molar-refractivity contribution in [3.63, 3.8) is 0 Å². The fourth-order valence-electron chi connectivity index (χ4n) is 3.00. The van der Waals surface area contributed by atoms with Gasteiger partial charge in [-0.3, -0.25) is 4.79 Å². The lowest BCUT2D eigenvalue weighted by molar-refractivity contribution is -0.118. The third-order valence-corrected chi connectivity index (χ3v) is 5.41. The van der Waals surface area contributed by atoms with Gasteiger partial charge in [0.1, 0.15) is 5.82 Å². The quantitative estimate of drug-likeness (QED) is 0.274. The Morgan fingerprint density at radius 1 is 1.03 bits per heavy atom. The maximum Gasteiger partial charge on any atom is 0.250 e. The number of nitrogens with zero attached hydrogens (tertiary/aromatic N) is 3. The van der Waals surface area contributed by atoms with Crippen molar-refractivity contribution in [1.29, 1.82) is 0 Å². The number of hydrogen-bond acceptors (Lipinski definition) is 4. The molecular weight excluding hydrogens is 399 g/mol. The van der Waals surface area contributed by atoms with Crippen LogP contribution in [0.2, 0.25) is 0 Å². The zero-order valence-electron chi connectivity index (χ0n) is 16.0. The summed E-state index contributed by atoms with van der Waals surface area (Å²) in [6, 6.07) is 24.3. The van der Waals surface area contributed by atoms with Crippen molar-refractivity contribution in [3.8, 4) is 0 Å². The minimum Gasteiger partial charge on any atom is -0.314 e. The van der Waals surface area contributed by atoms with Crippen LogP contribution in [-0.2, 0) is 11.3 Å². The highest BCUT2D eigenvalue weighted by Gasteiger charge is 2.13. The van der Waals surface area contributed by atoms with Gasteiger partial charge in [0.15, 0.2) is 5.16 Å². The number of benzene rings is 3. The second-order valence-corrected chi connectivity index (χ2v) is 7.50. The largest absolute Gasteiger partial charge is 0.314 e. The predicted octanol–water partition coefficient (Wildman–Crippen LogP) is 4.47. The second-order valence-electron chi connectivity index (χ2n) is 6.56. The van der Waals surface area contributed by atoms with Crippen molar-refractivity contribution < 1.29 is 9.18 Å². The van der Waals surface area contributed by atoms with Gasteiger partial charge in [-0.2, -0.15) is 5.10 Å². The molecule has 0 spiro atoms. The number of fused-ring (bicyclic) bond motifs is 1. The average Bonchev–Trinajstić information content (AvgIpc) is 3.12. The minimum absolute atomic E-state index is 0.146. The molecule has 0 saturated carbocycles. The van der Waals surface area contributed by atoms with Crippen LogP contribution in [0.15, 0.2) is 89.1 Å². The number of halogens is 1. The van der Waals surface area contributed by atoms with Crippen LogP contribution in [0.1, 0.15) is 11.1 Å². The summed E-state index contributed by atoms with van der Waals surface area (Å²) in [6.45, 7) is 0.663. The van der Waals surface area contributed by atoms with Crippen LogP contribution in [0.3, 0.4) is 0 Å². The van der Waals surface area contributed by atoms with E-state index in [-0.39, 0.29) is 17.5 Å². The molecule has 0 bridgehead atoms. The van der Waals surface area contributed by atoms with Crippen LogP contribution < -0.4 is 5.43 Å². The summed E-state index contributed by atoms with van der Waals surface area (Å²) in [4.78, 5) is 16.9. The Labute approximate surface area is 177 Å². The number of hydrogen-bond donors (Lipinski definition) is 1. The third-order valence-electron chi connectivity index (χ3n) is 4.43. The van der Waals surface area contributed by atoms with Gasteiger partial charge >= 0.3 is 0 Å². The summed E-state index contributed by atoms with van der Waals surface area (Å²) in [7, 11) is 0. The van der Waals surface area contributed by atoms with Crippen molar-refractivity contribution in [2.75, 3.05) is 5.75 Å². The number of aromatic nitrogens is 2. The first-order chi connectivity index (χ1) is 14.7. The van der Waals surface area contributed by atoms with Gasteiger partial charge in [0.2, 0.25) is 0 Å². The molecule has 0 atom stereocenters. The van der Waals surface area contributed by atoms with Gasteiger partial charge in [-0.1, -0.05) is 72.4 Å². The summed E-state index contributed by atoms with van der Waals surface area (Å²) in [5.74, 6) is -0.530. The van der Waals surface area contributed by atoms with E-state index in [9.17, 15) is 9.18 Å². The Balaban J connectivity index is 1.45. The molecule has 1 aromatic heterocycles. The molecule has 0 radical (unpaired) electrons. The van der Waals surface area contributed by atoms with Crippen LogP contribution >= 0.6 is 11.8 Å². The normalized spacial score (nSPS) is 11.2. The first-order valence-corrected chi connectivity index (χ1v) is 10.4. The first kappa shape index (κ1) is 19.8. The molecule has 0 aliphatic heterocycles. The monoisotopic (exact) mass is 418 g/mol. The molecule has 4 aromatic rings. The zero-order valence-corrected chi connectivity index (χ0v) is 16.8. The molecular formula is C23H19FN4OS. The summed E-state index contributed by atoms with van der Waals surface area (Å²) < 4.78 is 15.7. The van der Waals surface area contributed by atoms with Gasteiger partial charge in [0.25, 0.3) is 5.91 Å². The van der Waals surface area contributed by atoms with E-state index >= 15 is 0 Å². The smallest absolute Gasteiger partial charge is 0.250 e. The Kier molecular flexibility index (Phi) is 6.20. The lowest BCUT2D eigenvalue weighted by Crippen LogP contribution is -2.20. The highest BCUT2D eigenvalue weighted by atomic mass is 32.2. The molecule has 0 saturated heterocycles. The van der Waals surface area contributed by atoms with Gasteiger partial charge < -0.3 is 4.57 Å². The van der Waals surface area contributed by atoms with Crippen molar-refractivity contribution >= 4 is 34.9 Å². The Morgan fingerprint density at radius 2 is 1.77 bits per heavy atom. The van der Waals surface area contributed by atoms with E-state index in [1.807, 2.05) is 42.5 Å². The van der Waals surface area contributed by atoms with Crippen LogP contribution in [0, 0.1) is 5.82 Å². The highest BCUT2D eigenvalue weighted by Crippen LogP contribution is 2.25. The van der Waals surface area contributed by atoms with E-state index in [1.54, 1.807) is 18.2 Å². The van der Waals surface area contributed by atoms with E-state index < -0.39 is 0 Å². The number of carbonyl (C=O) groups is 1. The van der Waals surface area contributed by atoms with E-state index in [2.05, 4.69) is 32.2 Å². The van der Waals surface area contributed by atoms with Crippen molar-refractivity contribution in [1.82, 2.24) is 15.0 Å². The molecule has 1 heterocycles. The second kappa shape index (κ2) is 9.37. The molecule has 7 heteroatoms. The van der Waals surface area contributed by atoms with Crippen LogP contribution in [-0.4, -0.2) is 27.4 Å². The van der Waals surface area contributed by atoms with E-state index in [4.69, 9.17) is 0 Å². The fraction of sp³-hybridized carbons (Fsp3) is 0.0870. The lowest BCUT2D eigenvalue weighted by atomic mass is 10.2. The molecule has 3 aromatic carbocycles. The number of para-hydroxylation sites is 2. The van der Waals surface area contributed by atoms with Gasteiger partial charge in [-0.25, -0.2) is 14.8 Å². The zero-order chi connectivity index (χ0) is 20.8. The fourth-order valence-corrected chi connectivity index (χ4v) is 3.80. The Morgan fingerprint density at radius 3 is 2.60 bits per heavy atom. The number of amides is 1. The summed E-state index contributed by atoms with van der Waals surface area (Å²) in [5, 5.41) is 4.60. The maximum absolute atomic E-state index is 13.6. The number of nitrogens with one attached hydrogen (secondary N) is 1. The average molecular weight is 418 g/mol. The molecule has 1 N–H and O–H groups in total. The lowest BCUT2D eigenvalue weighted by Gasteiger charge is -2.09. The predicted molar refractivity (Wildman–Crippen MR) is 118 cm³/mol. The number of hydrazone groups is 1. The first-order valence-electron chi connectivity index (χ1n) is 9.39. The van der Waals surface area contributed by atoms with Crippen molar-refractivity contribution in [2.45, 2.75) is 11.7 Å². The highest BCUT2D eigenvalue weighted by molar-refractivity contribution is 7.99. The number of rotatable bonds is 7. The van der Waals surface area contributed by atoms with E-state index in [1.165, 1.54) is 24.0 Å².